The van der Waals surface area contributed by atoms with E-state index in [-0.39, 0.29) is 104 Å². The second-order valence-corrected chi connectivity index (χ2v) is 40.4. The summed E-state index contributed by atoms with van der Waals surface area (Å²) in [6.07, 6.45) is 110. The van der Waals surface area contributed by atoms with Crippen LogP contribution >= 0.6 is 0 Å². The van der Waals surface area contributed by atoms with Crippen LogP contribution < -0.4 is 26.6 Å². The van der Waals surface area contributed by atoms with Crippen molar-refractivity contribution in [2.75, 3.05) is 26.4 Å². The van der Waals surface area contributed by atoms with Crippen molar-refractivity contribution in [2.45, 2.75) is 576 Å². The van der Waals surface area contributed by atoms with Crippen LogP contribution in [0.3, 0.4) is 0 Å². The third-order valence-corrected chi connectivity index (χ3v) is 25.4. The van der Waals surface area contributed by atoms with Gasteiger partial charge in [-0.3, -0.25) is 24.0 Å². The minimum absolute atomic E-state index is 0.0194. The molecule has 0 unspecified atom stereocenters. The number of amides is 5. The number of unbranched alkanes of at least 4 members (excludes halogenated alkanes) is 52. The number of hydrogen-bond acceptors (Lipinski definition) is 10. The molecule has 0 fully saturated rings. The lowest BCUT2D eigenvalue weighted by molar-refractivity contribution is -0.123. The molecular weight excluding hydrogens is 1670 g/mol. The standard InChI is InChI=1S/C27H45NO2.C24H47NO2.2C23H45NO2.C23H43NO2/c1-3-4-5-6-7-8-9-10-11-12-13-14-15-16-20-23-26(29)28-24(2)27(30)25-21-18-17-19-22-25;1-4-5-6-7-8-9-10-11-12-13-14-15-16-17-18-19-24(27)25-23(21-26)20-22(2)3;3*1-4-5-6-7-8-9-10-11-12-13-14-15-16-17-18-19-23(26)24-22(20-25)21(2)3/h10-11,17-19,21-22,24,27,30H,3-9,12-16,20,23H2,1-2H3,(H,28,29);11-12,22-23,26H,4-10,13-21H2,1-3H3,(H,25,27);2*11-12,21-22,25H,4-10,13-20H2,1-3H3,(H,24,26);8-9,11-12,21-22,25H,4-7,10,13-20H2,1-3H3,(H,24,26)/b11-10-;3*12-11-;9-8-,12-11-/t24-,27-;23-;3*22-/m11101/s1. The summed E-state index contributed by atoms with van der Waals surface area (Å²) in [4.78, 5) is 59.4. The number of benzene rings is 1. The average Bonchev–Trinajstić information content (AvgIpc) is 0.879. The average molecular weight is 1900 g/mol. The highest BCUT2D eigenvalue weighted by Gasteiger charge is 2.20. The van der Waals surface area contributed by atoms with Crippen LogP contribution in [0.25, 0.3) is 0 Å². The van der Waals surface area contributed by atoms with E-state index in [4.69, 9.17) is 0 Å². The molecule has 15 heteroatoms. The lowest BCUT2D eigenvalue weighted by Crippen LogP contribution is -2.41. The third-order valence-electron chi connectivity index (χ3n) is 25.4. The molecule has 0 aliphatic carbocycles. The molecule has 0 heterocycles. The van der Waals surface area contributed by atoms with E-state index in [1.54, 1.807) is 0 Å². The zero-order valence-corrected chi connectivity index (χ0v) is 91.0. The summed E-state index contributed by atoms with van der Waals surface area (Å²) in [5.41, 5.74) is 0.839. The molecule has 0 aliphatic heterocycles. The Labute approximate surface area is 835 Å². The Morgan fingerprint density at radius 2 is 0.452 bits per heavy atom. The summed E-state index contributed by atoms with van der Waals surface area (Å²) in [5.74, 6) is 1.67. The maximum Gasteiger partial charge on any atom is 0.220 e. The molecule has 0 saturated carbocycles. The normalized spacial score (nSPS) is 13.0. The molecule has 1 rings (SSSR count). The zero-order valence-electron chi connectivity index (χ0n) is 91.0. The number of allylic oxidation sites excluding steroid dienone is 12. The fraction of sp³-hybridized carbons (Fsp3) is 0.808. The van der Waals surface area contributed by atoms with Gasteiger partial charge in [0.05, 0.1) is 62.7 Å². The number of aliphatic hydroxyl groups is 5. The molecule has 6 atom stereocenters. The molecule has 0 radical (unpaired) electrons. The zero-order chi connectivity index (χ0) is 100. The highest BCUT2D eigenvalue weighted by atomic mass is 16.3. The molecular formula is C120H225N5O10. The molecule has 1 aromatic rings. The van der Waals surface area contributed by atoms with Gasteiger partial charge in [-0.1, -0.05) is 431 Å². The fourth-order valence-electron chi connectivity index (χ4n) is 16.0. The maximum absolute atomic E-state index is 12.1. The van der Waals surface area contributed by atoms with Crippen LogP contribution in [0.4, 0.5) is 0 Å². The van der Waals surface area contributed by atoms with Crippen molar-refractivity contribution in [3.8, 4) is 0 Å². The first-order valence-corrected chi connectivity index (χ1v) is 57.1. The van der Waals surface area contributed by atoms with Crippen molar-refractivity contribution in [1.82, 2.24) is 26.6 Å². The van der Waals surface area contributed by atoms with Gasteiger partial charge in [0.15, 0.2) is 0 Å². The Morgan fingerprint density at radius 1 is 0.252 bits per heavy atom. The Kier molecular flexibility index (Phi) is 112. The van der Waals surface area contributed by atoms with Gasteiger partial charge in [0.1, 0.15) is 0 Å². The van der Waals surface area contributed by atoms with Crippen LogP contribution in [0.2, 0.25) is 0 Å². The van der Waals surface area contributed by atoms with Crippen LogP contribution in [-0.4, -0.2) is 112 Å². The molecule has 135 heavy (non-hydrogen) atoms. The minimum Gasteiger partial charge on any atom is -0.394 e. The van der Waals surface area contributed by atoms with E-state index < -0.39 is 6.10 Å². The van der Waals surface area contributed by atoms with Gasteiger partial charge in [0.25, 0.3) is 0 Å². The second kappa shape index (κ2) is 111. The first-order valence-electron chi connectivity index (χ1n) is 57.1. The van der Waals surface area contributed by atoms with Crippen LogP contribution in [0.1, 0.15) is 552 Å². The van der Waals surface area contributed by atoms with Gasteiger partial charge in [-0.25, -0.2) is 0 Å². The van der Waals surface area contributed by atoms with Gasteiger partial charge in [0.2, 0.25) is 29.5 Å². The van der Waals surface area contributed by atoms with Crippen LogP contribution in [0.5, 0.6) is 0 Å². The highest BCUT2D eigenvalue weighted by Crippen LogP contribution is 2.21. The predicted octanol–water partition coefficient (Wildman–Crippen LogP) is 32.1. The fourth-order valence-corrected chi connectivity index (χ4v) is 16.0. The van der Waals surface area contributed by atoms with Gasteiger partial charge < -0.3 is 52.1 Å². The molecule has 0 spiro atoms. The van der Waals surface area contributed by atoms with E-state index in [1.807, 2.05) is 78.8 Å². The van der Waals surface area contributed by atoms with Gasteiger partial charge in [0, 0.05) is 32.1 Å². The van der Waals surface area contributed by atoms with Crippen molar-refractivity contribution < 1.29 is 49.5 Å². The van der Waals surface area contributed by atoms with Crippen LogP contribution in [0, 0.1) is 23.7 Å². The molecule has 0 saturated heterocycles. The largest absolute Gasteiger partial charge is 0.394 e. The second-order valence-electron chi connectivity index (χ2n) is 40.4. The van der Waals surface area contributed by atoms with Gasteiger partial charge >= 0.3 is 0 Å². The number of hydrogen-bond donors (Lipinski definition) is 10. The van der Waals surface area contributed by atoms with Gasteiger partial charge in [-0.05, 0) is 210 Å². The van der Waals surface area contributed by atoms with E-state index in [0.717, 1.165) is 89.0 Å². The quantitative estimate of drug-likeness (QED) is 0.0218. The van der Waals surface area contributed by atoms with Crippen LogP contribution in [-0.2, 0) is 24.0 Å². The van der Waals surface area contributed by atoms with E-state index in [9.17, 15) is 49.5 Å². The number of carbonyl (C=O) groups excluding carboxylic acids is 5. The number of carbonyl (C=O) groups is 5. The topological polar surface area (TPSA) is 247 Å². The van der Waals surface area contributed by atoms with E-state index in [1.165, 1.54) is 327 Å². The number of rotatable bonds is 90. The minimum atomic E-state index is -0.663. The number of nitrogens with one attached hydrogen (secondary N) is 5. The summed E-state index contributed by atoms with van der Waals surface area (Å²) in [6, 6.07) is 8.82. The van der Waals surface area contributed by atoms with Crippen molar-refractivity contribution in [2.24, 2.45) is 23.7 Å². The monoisotopic (exact) mass is 1900 g/mol. The predicted molar refractivity (Wildman–Crippen MR) is 586 cm³/mol. The van der Waals surface area contributed by atoms with Crippen molar-refractivity contribution in [3.05, 3.63) is 109 Å². The lowest BCUT2D eigenvalue weighted by atomic mass is 10.0. The van der Waals surface area contributed by atoms with Crippen molar-refractivity contribution in [1.29, 1.82) is 0 Å². The Morgan fingerprint density at radius 3 is 0.674 bits per heavy atom. The summed E-state index contributed by atoms with van der Waals surface area (Å²) in [6.45, 7) is 29.6. The first-order chi connectivity index (χ1) is 65.6. The van der Waals surface area contributed by atoms with E-state index >= 15 is 0 Å². The summed E-state index contributed by atoms with van der Waals surface area (Å²) in [7, 11) is 0. The molecule has 0 bridgehead atoms. The molecule has 5 amide bonds. The first kappa shape index (κ1) is 136. The smallest absolute Gasteiger partial charge is 0.220 e. The molecule has 790 valence electrons. The van der Waals surface area contributed by atoms with Crippen LogP contribution in [0.15, 0.2) is 103 Å². The third kappa shape index (κ3) is 106. The molecule has 0 aliphatic rings. The molecule has 15 nitrogen and oxygen atoms in total. The maximum atomic E-state index is 12.1. The van der Waals surface area contributed by atoms with Gasteiger partial charge in [-0.15, -0.1) is 0 Å². The Hall–Kier alpha value is -5.19. The number of aliphatic hydroxyl groups excluding tert-OH is 5. The summed E-state index contributed by atoms with van der Waals surface area (Å²) in [5, 5.41) is 61.9. The summed E-state index contributed by atoms with van der Waals surface area (Å²) < 4.78 is 0. The van der Waals surface area contributed by atoms with E-state index in [2.05, 4.69) is 148 Å². The Balaban J connectivity index is -0.000000796. The van der Waals surface area contributed by atoms with Gasteiger partial charge in [-0.2, -0.15) is 0 Å². The summed E-state index contributed by atoms with van der Waals surface area (Å²) >= 11 is 0. The Bertz CT molecular complexity index is 2750. The molecule has 1 aromatic carbocycles. The van der Waals surface area contributed by atoms with Crippen molar-refractivity contribution in [3.63, 3.8) is 0 Å². The lowest BCUT2D eigenvalue weighted by Gasteiger charge is -2.20. The van der Waals surface area contributed by atoms with Crippen molar-refractivity contribution >= 4 is 29.5 Å². The molecule has 0 aromatic heterocycles. The van der Waals surface area contributed by atoms with E-state index in [0.29, 0.717) is 38.0 Å². The molecule has 10 N–H and O–H groups in total. The SMILES string of the molecule is CCCCC/C=C\C/C=C\CCCCCCCC(=O)N[C@H](CO)C(C)C.CCCCCCCC/C=C\CCCCCCCC(=O)N[C@@H](CO)C(C)C.CCCCCCCC/C=C\CCCCCCCC(=O)N[C@@H](CO)CC(C)C.CCCCCCCC/C=C\CCCCCCCC(=O)N[C@H](C)[C@@H](O)c1ccccc1.CCCCCCCC/C=C\CCCCCCCC(=O)N[C@H](CO)C(C)C. The highest BCUT2D eigenvalue weighted by molar-refractivity contribution is 5.77.